The minimum absolute atomic E-state index is 1.00. The predicted molar refractivity (Wildman–Crippen MR) is 54.2 cm³/mol. The maximum Gasteiger partial charge on any atom is 1.47 e. The van der Waals surface area contributed by atoms with Crippen molar-refractivity contribution in [1.82, 2.24) is 0 Å². The molecular formula is C10H15MgO+2. The van der Waals surface area contributed by atoms with Crippen LogP contribution in [0.2, 0.25) is 0 Å². The van der Waals surface area contributed by atoms with E-state index in [0.29, 0.717) is 0 Å². The molecule has 0 fully saturated rings. The molecule has 0 aliphatic heterocycles. The van der Waals surface area contributed by atoms with Crippen molar-refractivity contribution < 1.29 is 5.11 Å². The van der Waals surface area contributed by atoms with Crippen LogP contribution < -0.4 is 3.69 Å². The predicted octanol–water partition coefficient (Wildman–Crippen LogP) is 1.01. The Morgan fingerprint density at radius 3 is 1.67 bits per heavy atom. The van der Waals surface area contributed by atoms with Crippen LogP contribution in [-0.2, 0) is 0 Å². The summed E-state index contributed by atoms with van der Waals surface area (Å²) in [5, 5.41) is 7.00. The molecule has 1 aromatic rings. The Balaban J connectivity index is 0.000000561. The van der Waals surface area contributed by atoms with Crippen LogP contribution in [0.3, 0.4) is 0 Å². The molecule has 0 bridgehead atoms. The third-order valence-corrected chi connectivity index (χ3v) is 2.96. The van der Waals surface area contributed by atoms with E-state index in [-0.39, 0.29) is 0 Å². The van der Waals surface area contributed by atoms with E-state index < -0.39 is 0 Å². The minimum Gasteiger partial charge on any atom is -0.400 e. The first-order chi connectivity index (χ1) is 5.61. The highest BCUT2D eigenvalue weighted by molar-refractivity contribution is 6.34. The topological polar surface area (TPSA) is 20.2 Å². The normalized spacial score (nSPS) is 8.83. The fraction of sp³-hybridized carbons (Fsp3) is 0.400. The lowest BCUT2D eigenvalue weighted by Crippen LogP contribution is -2.11. The SMILES string of the molecule is CO.Cc1cc(C)[c]([Mg+2])c(C)c1. The van der Waals surface area contributed by atoms with Gasteiger partial charge in [-0.15, -0.1) is 0 Å². The molecule has 0 atom stereocenters. The highest BCUT2D eigenvalue weighted by Crippen LogP contribution is 2.03. The van der Waals surface area contributed by atoms with Gasteiger partial charge in [-0.1, -0.05) is 5.56 Å². The Morgan fingerprint density at radius 2 is 1.33 bits per heavy atom. The Bertz CT molecular complexity index is 233. The smallest absolute Gasteiger partial charge is 0.400 e. The van der Waals surface area contributed by atoms with Crippen molar-refractivity contribution in [1.29, 1.82) is 0 Å². The molecule has 0 heterocycles. The molecule has 0 aliphatic carbocycles. The first kappa shape index (κ1) is 11.9. The van der Waals surface area contributed by atoms with Crippen LogP contribution in [0.25, 0.3) is 0 Å². The number of hydrogen-bond acceptors (Lipinski definition) is 1. The first-order valence-corrected chi connectivity index (χ1v) is 4.66. The van der Waals surface area contributed by atoms with Crippen molar-refractivity contribution in [2.75, 3.05) is 7.11 Å². The molecule has 0 unspecified atom stereocenters. The second-order valence-electron chi connectivity index (χ2n) is 2.88. The zero-order valence-electron chi connectivity index (χ0n) is 8.31. The molecule has 0 saturated heterocycles. The Morgan fingerprint density at radius 1 is 1.00 bits per heavy atom. The quantitative estimate of drug-likeness (QED) is 0.584. The number of aliphatic hydroxyl groups excluding tert-OH is 1. The monoisotopic (exact) mass is 175 g/mol. The van der Waals surface area contributed by atoms with E-state index in [9.17, 15) is 0 Å². The summed E-state index contributed by atoms with van der Waals surface area (Å²) in [4.78, 5) is 0. The van der Waals surface area contributed by atoms with Gasteiger partial charge in [-0.25, -0.2) is 0 Å². The van der Waals surface area contributed by atoms with Crippen molar-refractivity contribution in [2.45, 2.75) is 20.8 Å². The summed E-state index contributed by atoms with van der Waals surface area (Å²) in [6.07, 6.45) is 0. The first-order valence-electron chi connectivity index (χ1n) is 3.96. The number of aliphatic hydroxyl groups is 1. The maximum atomic E-state index is 7.00. The van der Waals surface area contributed by atoms with Crippen molar-refractivity contribution in [2.24, 2.45) is 0 Å². The Hall–Kier alpha value is -0.0538. The van der Waals surface area contributed by atoms with E-state index in [4.69, 9.17) is 5.11 Å². The fourth-order valence-corrected chi connectivity index (χ4v) is 1.41. The third kappa shape index (κ3) is 3.13. The molecule has 12 heavy (non-hydrogen) atoms. The van der Waals surface area contributed by atoms with Crippen LogP contribution in [-0.4, -0.2) is 33.9 Å². The summed E-state index contributed by atoms with van der Waals surface area (Å²) in [6, 6.07) is 4.46. The van der Waals surface area contributed by atoms with Gasteiger partial charge in [0.1, 0.15) is 0 Å². The molecular weight excluding hydrogens is 160 g/mol. The lowest BCUT2D eigenvalue weighted by Gasteiger charge is -1.92. The molecule has 2 heteroatoms. The van der Waals surface area contributed by atoms with Gasteiger partial charge in [0.05, 0.1) is 0 Å². The molecule has 0 amide bonds. The summed E-state index contributed by atoms with van der Waals surface area (Å²) in [7, 11) is 1.00. The van der Waals surface area contributed by atoms with E-state index in [1.165, 1.54) is 20.4 Å². The van der Waals surface area contributed by atoms with Crippen LogP contribution in [0.4, 0.5) is 0 Å². The summed E-state index contributed by atoms with van der Waals surface area (Å²) < 4.78 is 1.45. The summed E-state index contributed by atoms with van der Waals surface area (Å²) in [5.41, 5.74) is 4.19. The summed E-state index contributed by atoms with van der Waals surface area (Å²) in [6.45, 7) is 6.48. The van der Waals surface area contributed by atoms with Gasteiger partial charge in [-0.2, -0.15) is 0 Å². The average molecular weight is 176 g/mol. The van der Waals surface area contributed by atoms with Crippen molar-refractivity contribution >= 4 is 25.4 Å². The van der Waals surface area contributed by atoms with Crippen LogP contribution in [0, 0.1) is 20.8 Å². The molecule has 0 aliphatic rings. The zero-order chi connectivity index (χ0) is 9.72. The standard InChI is InChI=1S/C9H11.CH4O.Mg/c1-7-4-8(2)6-9(3)5-7;1-2;/h4-5H,1-3H3;2H,1H3;/q;;+2. The molecule has 1 N–H and O–H groups in total. The molecule has 61 valence electrons. The molecule has 7 radical (unpaired) electrons. The zero-order valence-corrected chi connectivity index (χ0v) is 9.72. The highest BCUT2D eigenvalue weighted by atomic mass is 24.4. The minimum atomic E-state index is 1.00. The van der Waals surface area contributed by atoms with Crippen LogP contribution in [0.15, 0.2) is 12.1 Å². The van der Waals surface area contributed by atoms with Gasteiger partial charge in [0.15, 0.2) is 0 Å². The van der Waals surface area contributed by atoms with E-state index in [2.05, 4.69) is 32.9 Å². The maximum absolute atomic E-state index is 7.00. The molecule has 1 aromatic carbocycles. The van der Waals surface area contributed by atoms with Crippen molar-refractivity contribution in [3.05, 3.63) is 28.8 Å². The van der Waals surface area contributed by atoms with Crippen LogP contribution in [0.5, 0.6) is 0 Å². The molecule has 0 spiro atoms. The summed E-state index contributed by atoms with van der Waals surface area (Å²) in [5.74, 6) is 0. The van der Waals surface area contributed by atoms with Gasteiger partial charge in [-0.3, -0.25) is 0 Å². The van der Waals surface area contributed by atoms with Crippen molar-refractivity contribution in [3.63, 3.8) is 0 Å². The second-order valence-corrected chi connectivity index (χ2v) is 3.58. The lowest BCUT2D eigenvalue weighted by atomic mass is 10.1. The highest BCUT2D eigenvalue weighted by Gasteiger charge is 2.36. The van der Waals surface area contributed by atoms with E-state index >= 15 is 0 Å². The van der Waals surface area contributed by atoms with Crippen molar-refractivity contribution in [3.8, 4) is 0 Å². The van der Waals surface area contributed by atoms with Gasteiger partial charge in [-0.05, 0) is 32.9 Å². The number of hydrogen-bond donors (Lipinski definition) is 1. The van der Waals surface area contributed by atoms with E-state index in [0.717, 1.165) is 7.11 Å². The summed E-state index contributed by atoms with van der Waals surface area (Å²) >= 11 is 1.97. The van der Waals surface area contributed by atoms with Gasteiger partial charge in [0.2, 0.25) is 0 Å². The Kier molecular flexibility index (Phi) is 5.54. The van der Waals surface area contributed by atoms with Crippen LogP contribution >= 0.6 is 0 Å². The second kappa shape index (κ2) is 5.57. The number of benzene rings is 1. The van der Waals surface area contributed by atoms with E-state index in [1.807, 2.05) is 21.7 Å². The van der Waals surface area contributed by atoms with Gasteiger partial charge < -0.3 is 5.11 Å². The number of rotatable bonds is 0. The van der Waals surface area contributed by atoms with Crippen LogP contribution in [0.1, 0.15) is 16.7 Å². The number of aryl methyl sites for hydroxylation is 3. The molecule has 0 aromatic heterocycles. The van der Waals surface area contributed by atoms with Gasteiger partial charge >= 0.3 is 25.4 Å². The van der Waals surface area contributed by atoms with E-state index in [1.54, 1.807) is 0 Å². The van der Waals surface area contributed by atoms with Gasteiger partial charge in [0, 0.05) is 18.2 Å². The molecule has 0 saturated carbocycles. The largest absolute Gasteiger partial charge is 1.47 e. The lowest BCUT2D eigenvalue weighted by molar-refractivity contribution is 0.399. The Labute approximate surface area is 87.2 Å². The average Bonchev–Trinajstić information content (AvgIpc) is 2.04. The third-order valence-electron chi connectivity index (χ3n) is 1.84. The van der Waals surface area contributed by atoms with Gasteiger partial charge in [0.25, 0.3) is 0 Å². The molecule has 1 rings (SSSR count). The fourth-order valence-electron chi connectivity index (χ4n) is 1.21. The molecule has 1 nitrogen and oxygen atoms in total.